The third kappa shape index (κ3) is 4.85. The Labute approximate surface area is 191 Å². The lowest BCUT2D eigenvalue weighted by Gasteiger charge is -2.31. The van der Waals surface area contributed by atoms with Crippen molar-refractivity contribution in [3.63, 3.8) is 0 Å². The molecule has 3 aromatic heterocycles. The third-order valence-electron chi connectivity index (χ3n) is 5.70. The molecular formula is C21H27N9OS. The van der Waals surface area contributed by atoms with Crippen LogP contribution in [0.1, 0.15) is 4.88 Å². The summed E-state index contributed by atoms with van der Waals surface area (Å²) in [5.74, 6) is 2.09. The molecule has 0 radical (unpaired) electrons. The minimum atomic E-state index is 0.225. The topological polar surface area (TPSA) is 109 Å². The maximum absolute atomic E-state index is 5.66. The normalized spacial score (nSPS) is 18.2. The van der Waals surface area contributed by atoms with Gasteiger partial charge in [-0.25, -0.2) is 15.0 Å². The zero-order valence-corrected chi connectivity index (χ0v) is 19.0. The summed E-state index contributed by atoms with van der Waals surface area (Å²) < 4.78 is 5.49. The van der Waals surface area contributed by atoms with Gasteiger partial charge in [-0.05, 0) is 19.2 Å². The van der Waals surface area contributed by atoms with Crippen LogP contribution in [0.3, 0.4) is 0 Å². The second kappa shape index (κ2) is 9.41. The van der Waals surface area contributed by atoms with Crippen molar-refractivity contribution in [1.82, 2.24) is 34.7 Å². The third-order valence-corrected chi connectivity index (χ3v) is 6.77. The molecule has 2 fully saturated rings. The van der Waals surface area contributed by atoms with Gasteiger partial charge < -0.3 is 20.3 Å². The summed E-state index contributed by atoms with van der Waals surface area (Å²) in [7, 11) is 2.18. The summed E-state index contributed by atoms with van der Waals surface area (Å²) >= 11 is 1.74. The Morgan fingerprint density at radius 1 is 0.938 bits per heavy atom. The summed E-state index contributed by atoms with van der Waals surface area (Å²) in [5.41, 5.74) is 6.37. The monoisotopic (exact) mass is 453 g/mol. The van der Waals surface area contributed by atoms with Gasteiger partial charge in [0.25, 0.3) is 0 Å². The average molecular weight is 454 g/mol. The molecule has 0 aromatic carbocycles. The number of nitrogens with zero attached hydrogens (tertiary/aromatic N) is 8. The number of thiophene rings is 1. The van der Waals surface area contributed by atoms with Crippen LogP contribution in [-0.4, -0.2) is 94.2 Å². The molecule has 32 heavy (non-hydrogen) atoms. The predicted octanol–water partition coefficient (Wildman–Crippen LogP) is 1.22. The van der Waals surface area contributed by atoms with Crippen molar-refractivity contribution in [2.45, 2.75) is 6.54 Å². The molecule has 2 aliphatic heterocycles. The Morgan fingerprint density at radius 2 is 1.66 bits per heavy atom. The number of morpholine rings is 1. The van der Waals surface area contributed by atoms with Crippen LogP contribution in [0.2, 0.25) is 0 Å². The predicted molar refractivity (Wildman–Crippen MR) is 124 cm³/mol. The van der Waals surface area contributed by atoms with Crippen LogP contribution in [0.5, 0.6) is 0 Å². The van der Waals surface area contributed by atoms with Crippen LogP contribution in [0.4, 0.5) is 11.9 Å². The van der Waals surface area contributed by atoms with Gasteiger partial charge in [0, 0.05) is 63.1 Å². The van der Waals surface area contributed by atoms with Gasteiger partial charge in [-0.15, -0.1) is 11.3 Å². The van der Waals surface area contributed by atoms with E-state index in [1.54, 1.807) is 23.7 Å². The van der Waals surface area contributed by atoms with E-state index in [4.69, 9.17) is 25.4 Å². The van der Waals surface area contributed by atoms with E-state index in [1.165, 1.54) is 4.88 Å². The van der Waals surface area contributed by atoms with Gasteiger partial charge in [-0.2, -0.15) is 9.97 Å². The Morgan fingerprint density at radius 3 is 2.41 bits per heavy atom. The standard InChI is InChI=1S/C21H27N9OS/c1-28-4-6-29(7-5-28)14-16-2-3-17(32-16)19-25-18(15-12-23-20(22)24-13-15)26-21(27-19)30-8-10-31-11-9-30/h2-3,12-13H,4-11,14H2,1H3,(H2,22,23,24). The van der Waals surface area contributed by atoms with Crippen molar-refractivity contribution in [3.8, 4) is 22.1 Å². The number of ether oxygens (including phenoxy) is 1. The number of hydrogen-bond donors (Lipinski definition) is 1. The Kier molecular flexibility index (Phi) is 6.21. The maximum atomic E-state index is 5.66. The molecule has 3 aromatic rings. The first-order chi connectivity index (χ1) is 15.6. The Balaban J connectivity index is 1.44. The van der Waals surface area contributed by atoms with Crippen LogP contribution >= 0.6 is 11.3 Å². The van der Waals surface area contributed by atoms with E-state index in [0.717, 1.165) is 50.7 Å². The lowest BCUT2D eigenvalue weighted by Crippen LogP contribution is -2.43. The van der Waals surface area contributed by atoms with Crippen molar-refractivity contribution in [1.29, 1.82) is 0 Å². The molecule has 5 rings (SSSR count). The highest BCUT2D eigenvalue weighted by atomic mass is 32.1. The number of nitrogens with two attached hydrogens (primary N) is 1. The summed E-state index contributed by atoms with van der Waals surface area (Å²) in [5, 5.41) is 0. The van der Waals surface area contributed by atoms with Gasteiger partial charge in [-0.3, -0.25) is 4.90 Å². The second-order valence-electron chi connectivity index (χ2n) is 8.06. The number of nitrogen functional groups attached to an aromatic ring is 1. The molecule has 2 aliphatic rings. The van der Waals surface area contributed by atoms with Gasteiger partial charge >= 0.3 is 0 Å². The fourth-order valence-corrected chi connectivity index (χ4v) is 4.76. The van der Waals surface area contributed by atoms with Crippen molar-refractivity contribution in [3.05, 3.63) is 29.4 Å². The second-order valence-corrected chi connectivity index (χ2v) is 9.23. The van der Waals surface area contributed by atoms with Crippen molar-refractivity contribution in [2.24, 2.45) is 0 Å². The van der Waals surface area contributed by atoms with Gasteiger partial charge in [0.05, 0.1) is 23.7 Å². The molecule has 0 bridgehead atoms. The fraction of sp³-hybridized carbons (Fsp3) is 0.476. The Hall–Kier alpha value is -2.73. The fourth-order valence-electron chi connectivity index (χ4n) is 3.77. The molecule has 0 spiro atoms. The molecule has 2 N–H and O–H groups in total. The molecule has 5 heterocycles. The first-order valence-corrected chi connectivity index (χ1v) is 11.6. The SMILES string of the molecule is CN1CCN(Cc2ccc(-c3nc(-c4cnc(N)nc4)nc(N4CCOCC4)n3)s2)CC1. The van der Waals surface area contributed by atoms with E-state index in [0.29, 0.717) is 36.4 Å². The summed E-state index contributed by atoms with van der Waals surface area (Å²) in [4.78, 5) is 31.8. The molecule has 0 amide bonds. The van der Waals surface area contributed by atoms with E-state index in [-0.39, 0.29) is 5.95 Å². The summed E-state index contributed by atoms with van der Waals surface area (Å²) in [6, 6.07) is 4.29. The number of hydrogen-bond acceptors (Lipinski definition) is 11. The average Bonchev–Trinajstić information content (AvgIpc) is 3.30. The Bertz CT molecular complexity index is 1040. The molecule has 0 saturated carbocycles. The van der Waals surface area contributed by atoms with Crippen LogP contribution in [0.25, 0.3) is 22.1 Å². The first kappa shape index (κ1) is 21.1. The van der Waals surface area contributed by atoms with Crippen molar-refractivity contribution >= 4 is 23.2 Å². The van der Waals surface area contributed by atoms with E-state index < -0.39 is 0 Å². The molecule has 0 atom stereocenters. The van der Waals surface area contributed by atoms with Gasteiger partial charge in [-0.1, -0.05) is 0 Å². The maximum Gasteiger partial charge on any atom is 0.229 e. The highest BCUT2D eigenvalue weighted by Crippen LogP contribution is 2.29. The summed E-state index contributed by atoms with van der Waals surface area (Å²) in [6.07, 6.45) is 3.30. The van der Waals surface area contributed by atoms with E-state index in [2.05, 4.69) is 43.8 Å². The van der Waals surface area contributed by atoms with Crippen molar-refractivity contribution < 1.29 is 4.74 Å². The largest absolute Gasteiger partial charge is 0.378 e. The van der Waals surface area contributed by atoms with Gasteiger partial charge in [0.1, 0.15) is 0 Å². The van der Waals surface area contributed by atoms with E-state index >= 15 is 0 Å². The number of likely N-dealkylation sites (N-methyl/N-ethyl adjacent to an activating group) is 1. The zero-order chi connectivity index (χ0) is 21.9. The number of rotatable bonds is 5. The summed E-state index contributed by atoms with van der Waals surface area (Å²) in [6.45, 7) is 8.20. The minimum Gasteiger partial charge on any atom is -0.378 e. The van der Waals surface area contributed by atoms with Crippen LogP contribution in [0, 0.1) is 0 Å². The van der Waals surface area contributed by atoms with Crippen LogP contribution < -0.4 is 10.6 Å². The molecule has 0 aliphatic carbocycles. The minimum absolute atomic E-state index is 0.225. The molecule has 0 unspecified atom stereocenters. The van der Waals surface area contributed by atoms with E-state index in [1.807, 2.05) is 0 Å². The first-order valence-electron chi connectivity index (χ1n) is 10.8. The lowest BCUT2D eigenvalue weighted by molar-refractivity contribution is 0.122. The number of aromatic nitrogens is 5. The quantitative estimate of drug-likeness (QED) is 0.605. The molecule has 168 valence electrons. The van der Waals surface area contributed by atoms with Gasteiger partial charge in [0.2, 0.25) is 11.9 Å². The molecule has 11 heteroatoms. The highest BCUT2D eigenvalue weighted by Gasteiger charge is 2.20. The highest BCUT2D eigenvalue weighted by molar-refractivity contribution is 7.15. The van der Waals surface area contributed by atoms with E-state index in [9.17, 15) is 0 Å². The van der Waals surface area contributed by atoms with Gasteiger partial charge in [0.15, 0.2) is 11.6 Å². The molecule has 10 nitrogen and oxygen atoms in total. The van der Waals surface area contributed by atoms with Crippen molar-refractivity contribution in [2.75, 3.05) is 70.2 Å². The zero-order valence-electron chi connectivity index (χ0n) is 18.1. The van der Waals surface area contributed by atoms with Crippen LogP contribution in [-0.2, 0) is 11.3 Å². The lowest BCUT2D eigenvalue weighted by atomic mass is 10.3. The number of anilines is 2. The number of piperazine rings is 1. The molecule has 2 saturated heterocycles. The van der Waals surface area contributed by atoms with Crippen LogP contribution in [0.15, 0.2) is 24.5 Å². The smallest absolute Gasteiger partial charge is 0.229 e. The molecular weight excluding hydrogens is 426 g/mol.